The topological polar surface area (TPSA) is 26.8 Å². The van der Waals surface area contributed by atoms with E-state index in [9.17, 15) is 4.79 Å². The van der Waals surface area contributed by atoms with E-state index in [0.717, 1.165) is 52.1 Å². The van der Waals surface area contributed by atoms with Crippen molar-refractivity contribution in [2.45, 2.75) is 26.7 Å². The molecule has 1 rings (SSSR count). The van der Waals surface area contributed by atoms with Crippen LogP contribution in [0, 0.1) is 0 Å². The van der Waals surface area contributed by atoms with E-state index in [1.807, 2.05) is 11.9 Å². The summed E-state index contributed by atoms with van der Waals surface area (Å²) in [4.78, 5) is 18.5. The SMILES string of the molecule is CCCCN(C)C(=O)CN1CCN(CC)CC1. The molecule has 0 bridgehead atoms. The molecule has 0 spiro atoms. The Kier molecular flexibility index (Phi) is 6.52. The lowest BCUT2D eigenvalue weighted by Gasteiger charge is -2.34. The number of likely N-dealkylation sites (N-methyl/N-ethyl adjacent to an activating group) is 2. The van der Waals surface area contributed by atoms with E-state index in [2.05, 4.69) is 23.6 Å². The standard InChI is InChI=1S/C13H27N3O/c1-4-6-7-14(3)13(17)12-16-10-8-15(5-2)9-11-16/h4-12H2,1-3H3. The normalized spacial score (nSPS) is 18.3. The van der Waals surface area contributed by atoms with Crippen LogP contribution in [0.1, 0.15) is 26.7 Å². The fourth-order valence-electron chi connectivity index (χ4n) is 2.10. The molecule has 0 aromatic heterocycles. The van der Waals surface area contributed by atoms with Gasteiger partial charge in [-0.05, 0) is 13.0 Å². The summed E-state index contributed by atoms with van der Waals surface area (Å²) in [5.74, 6) is 0.267. The molecule has 4 nitrogen and oxygen atoms in total. The maximum Gasteiger partial charge on any atom is 0.236 e. The van der Waals surface area contributed by atoms with Gasteiger partial charge in [0.15, 0.2) is 0 Å². The molecule has 1 aliphatic rings. The van der Waals surface area contributed by atoms with Gasteiger partial charge in [-0.15, -0.1) is 0 Å². The second-order valence-electron chi connectivity index (χ2n) is 4.88. The molecule has 0 aromatic rings. The van der Waals surface area contributed by atoms with Gasteiger partial charge in [-0.1, -0.05) is 20.3 Å². The van der Waals surface area contributed by atoms with Crippen LogP contribution in [0.15, 0.2) is 0 Å². The zero-order chi connectivity index (χ0) is 12.7. The van der Waals surface area contributed by atoms with Gasteiger partial charge < -0.3 is 9.80 Å². The summed E-state index contributed by atoms with van der Waals surface area (Å²) in [5.41, 5.74) is 0. The zero-order valence-corrected chi connectivity index (χ0v) is 11.6. The number of hydrogen-bond acceptors (Lipinski definition) is 3. The van der Waals surface area contributed by atoms with Gasteiger partial charge in [0.1, 0.15) is 0 Å². The van der Waals surface area contributed by atoms with E-state index in [1.54, 1.807) is 0 Å². The Hall–Kier alpha value is -0.610. The molecule has 0 saturated carbocycles. The highest BCUT2D eigenvalue weighted by atomic mass is 16.2. The number of amides is 1. The minimum absolute atomic E-state index is 0.267. The summed E-state index contributed by atoms with van der Waals surface area (Å²) < 4.78 is 0. The summed E-state index contributed by atoms with van der Waals surface area (Å²) in [5, 5.41) is 0. The highest BCUT2D eigenvalue weighted by Gasteiger charge is 2.19. The van der Waals surface area contributed by atoms with Crippen molar-refractivity contribution in [1.29, 1.82) is 0 Å². The van der Waals surface area contributed by atoms with E-state index in [4.69, 9.17) is 0 Å². The van der Waals surface area contributed by atoms with Crippen LogP contribution < -0.4 is 0 Å². The number of nitrogens with zero attached hydrogens (tertiary/aromatic N) is 3. The molecule has 0 aliphatic carbocycles. The smallest absolute Gasteiger partial charge is 0.236 e. The van der Waals surface area contributed by atoms with E-state index in [0.29, 0.717) is 6.54 Å². The number of rotatable bonds is 6. The molecule has 0 N–H and O–H groups in total. The van der Waals surface area contributed by atoms with Crippen LogP contribution in [0.2, 0.25) is 0 Å². The molecule has 4 heteroatoms. The van der Waals surface area contributed by atoms with Crippen LogP contribution in [0.4, 0.5) is 0 Å². The zero-order valence-electron chi connectivity index (χ0n) is 11.6. The number of carbonyl (C=O) groups is 1. The molecule has 1 amide bonds. The van der Waals surface area contributed by atoms with Crippen LogP contribution in [0.5, 0.6) is 0 Å². The lowest BCUT2D eigenvalue weighted by Crippen LogP contribution is -2.49. The summed E-state index contributed by atoms with van der Waals surface area (Å²) in [6, 6.07) is 0. The third-order valence-corrected chi connectivity index (χ3v) is 3.54. The number of piperazine rings is 1. The van der Waals surface area contributed by atoms with Gasteiger partial charge in [-0.2, -0.15) is 0 Å². The summed E-state index contributed by atoms with van der Waals surface area (Å²) in [7, 11) is 1.92. The van der Waals surface area contributed by atoms with Crippen molar-refractivity contribution < 1.29 is 4.79 Å². The molecule has 100 valence electrons. The fraction of sp³-hybridized carbons (Fsp3) is 0.923. The Bertz CT molecular complexity index is 225. The van der Waals surface area contributed by atoms with Crippen LogP contribution in [0.25, 0.3) is 0 Å². The van der Waals surface area contributed by atoms with Crippen molar-refractivity contribution in [3.8, 4) is 0 Å². The van der Waals surface area contributed by atoms with Crippen molar-refractivity contribution >= 4 is 5.91 Å². The Balaban J connectivity index is 2.22. The monoisotopic (exact) mass is 241 g/mol. The Morgan fingerprint density at radius 2 is 1.71 bits per heavy atom. The molecule has 1 saturated heterocycles. The van der Waals surface area contributed by atoms with Crippen molar-refractivity contribution in [2.24, 2.45) is 0 Å². The Labute approximate surface area is 106 Å². The first-order valence-corrected chi connectivity index (χ1v) is 6.86. The molecule has 0 atom stereocenters. The second-order valence-corrected chi connectivity index (χ2v) is 4.88. The molecule has 0 aromatic carbocycles. The maximum absolute atomic E-state index is 11.9. The quantitative estimate of drug-likeness (QED) is 0.691. The summed E-state index contributed by atoms with van der Waals surface area (Å²) >= 11 is 0. The first-order valence-electron chi connectivity index (χ1n) is 6.86. The Morgan fingerprint density at radius 1 is 1.12 bits per heavy atom. The van der Waals surface area contributed by atoms with Gasteiger partial charge in [0.25, 0.3) is 0 Å². The minimum atomic E-state index is 0.267. The lowest BCUT2D eigenvalue weighted by molar-refractivity contribution is -0.131. The van der Waals surface area contributed by atoms with Crippen LogP contribution in [-0.2, 0) is 4.79 Å². The largest absolute Gasteiger partial charge is 0.345 e. The van der Waals surface area contributed by atoms with E-state index >= 15 is 0 Å². The third-order valence-electron chi connectivity index (χ3n) is 3.54. The highest BCUT2D eigenvalue weighted by molar-refractivity contribution is 5.77. The molecule has 0 radical (unpaired) electrons. The van der Waals surface area contributed by atoms with Crippen LogP contribution in [-0.4, -0.2) is 73.5 Å². The molecular weight excluding hydrogens is 214 g/mol. The van der Waals surface area contributed by atoms with Crippen LogP contribution >= 0.6 is 0 Å². The average Bonchev–Trinajstić information content (AvgIpc) is 2.36. The Morgan fingerprint density at radius 3 is 2.24 bits per heavy atom. The first kappa shape index (κ1) is 14.5. The number of unbranched alkanes of at least 4 members (excludes halogenated alkanes) is 1. The molecule has 1 fully saturated rings. The number of carbonyl (C=O) groups excluding carboxylic acids is 1. The molecular formula is C13H27N3O. The van der Waals surface area contributed by atoms with E-state index in [-0.39, 0.29) is 5.91 Å². The van der Waals surface area contributed by atoms with Crippen molar-refractivity contribution in [3.63, 3.8) is 0 Å². The molecule has 17 heavy (non-hydrogen) atoms. The van der Waals surface area contributed by atoms with Crippen molar-refractivity contribution in [3.05, 3.63) is 0 Å². The van der Waals surface area contributed by atoms with Gasteiger partial charge >= 0.3 is 0 Å². The predicted molar refractivity (Wildman–Crippen MR) is 71.1 cm³/mol. The van der Waals surface area contributed by atoms with Gasteiger partial charge in [0.2, 0.25) is 5.91 Å². The maximum atomic E-state index is 11.9. The molecule has 0 unspecified atom stereocenters. The van der Waals surface area contributed by atoms with Gasteiger partial charge in [-0.3, -0.25) is 9.69 Å². The number of hydrogen-bond donors (Lipinski definition) is 0. The van der Waals surface area contributed by atoms with Crippen molar-refractivity contribution in [1.82, 2.24) is 14.7 Å². The summed E-state index contributed by atoms with van der Waals surface area (Å²) in [6.07, 6.45) is 2.25. The third kappa shape index (κ3) is 5.04. The van der Waals surface area contributed by atoms with Crippen molar-refractivity contribution in [2.75, 3.05) is 52.9 Å². The van der Waals surface area contributed by atoms with Crippen LogP contribution in [0.3, 0.4) is 0 Å². The fourth-order valence-corrected chi connectivity index (χ4v) is 2.10. The van der Waals surface area contributed by atoms with E-state index in [1.165, 1.54) is 0 Å². The van der Waals surface area contributed by atoms with Gasteiger partial charge in [-0.25, -0.2) is 0 Å². The first-order chi connectivity index (χ1) is 8.17. The molecule has 1 aliphatic heterocycles. The minimum Gasteiger partial charge on any atom is -0.345 e. The van der Waals surface area contributed by atoms with E-state index < -0.39 is 0 Å². The van der Waals surface area contributed by atoms with Gasteiger partial charge in [0.05, 0.1) is 6.54 Å². The summed E-state index contributed by atoms with van der Waals surface area (Å²) in [6.45, 7) is 11.2. The average molecular weight is 241 g/mol. The van der Waals surface area contributed by atoms with Gasteiger partial charge in [0, 0.05) is 39.8 Å². The predicted octanol–water partition coefficient (Wildman–Crippen LogP) is 0.882. The second kappa shape index (κ2) is 7.67. The lowest BCUT2D eigenvalue weighted by atomic mass is 10.3. The highest BCUT2D eigenvalue weighted by Crippen LogP contribution is 2.02. The molecule has 1 heterocycles.